The van der Waals surface area contributed by atoms with Gasteiger partial charge in [-0.2, -0.15) is 0 Å². The molecule has 90 valence electrons. The van der Waals surface area contributed by atoms with Gasteiger partial charge < -0.3 is 0 Å². The smallest absolute Gasteiger partial charge is 0.00579 e. The van der Waals surface area contributed by atoms with Gasteiger partial charge >= 0.3 is 0 Å². The van der Waals surface area contributed by atoms with E-state index in [4.69, 9.17) is 0 Å². The first-order valence-electron chi connectivity index (χ1n) is 6.46. The van der Waals surface area contributed by atoms with Gasteiger partial charge in [-0.25, -0.2) is 0 Å². The van der Waals surface area contributed by atoms with Crippen LogP contribution in [0.3, 0.4) is 0 Å². The zero-order valence-electron chi connectivity index (χ0n) is 11.1. The predicted octanol–water partition coefficient (Wildman–Crippen LogP) is 5.26. The monoisotopic (exact) mass is 226 g/mol. The van der Waals surface area contributed by atoms with Crippen LogP contribution in [0.5, 0.6) is 0 Å². The van der Waals surface area contributed by atoms with Crippen molar-refractivity contribution in [1.29, 1.82) is 0 Å². The van der Waals surface area contributed by atoms with Gasteiger partial charge in [0.25, 0.3) is 0 Å². The van der Waals surface area contributed by atoms with Gasteiger partial charge in [0.15, 0.2) is 0 Å². The first-order chi connectivity index (χ1) is 8.38. The van der Waals surface area contributed by atoms with Crippen LogP contribution >= 0.6 is 0 Å². The molecule has 1 atom stereocenters. The summed E-state index contributed by atoms with van der Waals surface area (Å²) in [7, 11) is 0. The van der Waals surface area contributed by atoms with Crippen molar-refractivity contribution in [2.75, 3.05) is 0 Å². The number of benzene rings is 1. The van der Waals surface area contributed by atoms with Gasteiger partial charge in [-0.1, -0.05) is 81.5 Å². The second kappa shape index (κ2) is 7.67. The number of hydrogen-bond acceptors (Lipinski definition) is 0. The van der Waals surface area contributed by atoms with E-state index in [1.165, 1.54) is 11.1 Å². The Bertz CT molecular complexity index is 393. The predicted molar refractivity (Wildman–Crippen MR) is 77.2 cm³/mol. The number of rotatable bonds is 2. The molecule has 0 aromatic heterocycles. The van der Waals surface area contributed by atoms with E-state index in [9.17, 15) is 0 Å². The lowest BCUT2D eigenvalue weighted by Crippen LogP contribution is -1.95. The van der Waals surface area contributed by atoms with Crippen molar-refractivity contribution in [2.45, 2.75) is 33.1 Å². The van der Waals surface area contributed by atoms with Crippen LogP contribution in [-0.2, 0) is 0 Å². The van der Waals surface area contributed by atoms with E-state index >= 15 is 0 Å². The van der Waals surface area contributed by atoms with E-state index in [0.29, 0.717) is 5.92 Å². The Balaban J connectivity index is 0.000000686. The average Bonchev–Trinajstić information content (AvgIpc) is 2.70. The summed E-state index contributed by atoms with van der Waals surface area (Å²) in [5.74, 6) is 0.488. The molecule has 0 radical (unpaired) electrons. The molecular weight excluding hydrogens is 204 g/mol. The third-order valence-corrected chi connectivity index (χ3v) is 2.83. The highest BCUT2D eigenvalue weighted by Crippen LogP contribution is 2.25. The minimum atomic E-state index is 0.488. The van der Waals surface area contributed by atoms with Crippen molar-refractivity contribution < 1.29 is 0 Å². The maximum Gasteiger partial charge on any atom is 0.00579 e. The lowest BCUT2D eigenvalue weighted by Gasteiger charge is -2.12. The molecule has 2 rings (SSSR count). The molecule has 1 unspecified atom stereocenters. The minimum Gasteiger partial charge on any atom is -0.0807 e. The third-order valence-electron chi connectivity index (χ3n) is 2.83. The summed E-state index contributed by atoms with van der Waals surface area (Å²) < 4.78 is 0. The first-order valence-corrected chi connectivity index (χ1v) is 6.46. The molecule has 1 aromatic rings. The van der Waals surface area contributed by atoms with Crippen LogP contribution in [0.25, 0.3) is 0 Å². The summed E-state index contributed by atoms with van der Waals surface area (Å²) in [6.07, 6.45) is 12.0. The van der Waals surface area contributed by atoms with Gasteiger partial charge in [0.05, 0.1) is 0 Å². The van der Waals surface area contributed by atoms with Gasteiger partial charge in [0.2, 0.25) is 0 Å². The van der Waals surface area contributed by atoms with Gasteiger partial charge in [0.1, 0.15) is 0 Å². The molecular formula is C17H22. The Hall–Kier alpha value is -1.56. The zero-order chi connectivity index (χ0) is 12.5. The van der Waals surface area contributed by atoms with Crippen LogP contribution in [0, 0.1) is 0 Å². The first kappa shape index (κ1) is 13.5. The molecule has 0 N–H and O–H groups in total. The summed E-state index contributed by atoms with van der Waals surface area (Å²) in [5.41, 5.74) is 2.79. The second-order valence-electron chi connectivity index (χ2n) is 3.86. The average molecular weight is 226 g/mol. The van der Waals surface area contributed by atoms with Crippen molar-refractivity contribution in [1.82, 2.24) is 0 Å². The van der Waals surface area contributed by atoms with Gasteiger partial charge in [-0.05, 0) is 17.6 Å². The molecule has 0 aliphatic heterocycles. The summed E-state index contributed by atoms with van der Waals surface area (Å²) in [6, 6.07) is 10.7. The zero-order valence-corrected chi connectivity index (χ0v) is 11.1. The van der Waals surface area contributed by atoms with Crippen LogP contribution in [0.2, 0.25) is 0 Å². The molecule has 0 nitrogen and oxygen atoms in total. The summed E-state index contributed by atoms with van der Waals surface area (Å²) in [6.45, 7) is 6.26. The lowest BCUT2D eigenvalue weighted by atomic mass is 9.92. The molecule has 0 fully saturated rings. The maximum absolute atomic E-state index is 2.30. The fraction of sp³-hybridized carbons (Fsp3) is 0.294. The van der Waals surface area contributed by atoms with Crippen LogP contribution in [0.1, 0.15) is 38.7 Å². The van der Waals surface area contributed by atoms with Gasteiger partial charge in [-0.15, -0.1) is 0 Å². The van der Waals surface area contributed by atoms with E-state index in [2.05, 4.69) is 67.6 Å². The Kier molecular flexibility index (Phi) is 6.09. The Labute approximate surface area is 105 Å². The molecule has 1 aliphatic carbocycles. The second-order valence-corrected chi connectivity index (χ2v) is 3.86. The number of hydrogen-bond donors (Lipinski definition) is 0. The van der Waals surface area contributed by atoms with Crippen LogP contribution in [0.4, 0.5) is 0 Å². The Morgan fingerprint density at radius 1 is 1.00 bits per heavy atom. The molecule has 0 heterocycles. The van der Waals surface area contributed by atoms with E-state index in [1.54, 1.807) is 0 Å². The molecule has 0 saturated carbocycles. The Morgan fingerprint density at radius 2 is 1.71 bits per heavy atom. The number of allylic oxidation sites excluding steroid dienone is 6. The molecule has 0 heteroatoms. The van der Waals surface area contributed by atoms with Crippen LogP contribution < -0.4 is 0 Å². The highest BCUT2D eigenvalue weighted by atomic mass is 14.1. The molecule has 0 saturated heterocycles. The van der Waals surface area contributed by atoms with Gasteiger partial charge in [-0.3, -0.25) is 0 Å². The van der Waals surface area contributed by atoms with Crippen molar-refractivity contribution in [3.05, 3.63) is 71.8 Å². The molecule has 17 heavy (non-hydrogen) atoms. The molecule has 1 aliphatic rings. The molecule has 0 spiro atoms. The molecule has 0 amide bonds. The maximum atomic E-state index is 2.30. The van der Waals surface area contributed by atoms with Crippen molar-refractivity contribution in [3.8, 4) is 0 Å². The van der Waals surface area contributed by atoms with Crippen molar-refractivity contribution in [3.63, 3.8) is 0 Å². The fourth-order valence-electron chi connectivity index (χ4n) is 1.85. The highest BCUT2D eigenvalue weighted by Gasteiger charge is 2.08. The SMILES string of the molecule is CC.CC(C1=CCC=CC=C1)c1ccccc1. The summed E-state index contributed by atoms with van der Waals surface area (Å²) >= 11 is 0. The fourth-order valence-corrected chi connectivity index (χ4v) is 1.85. The molecule has 1 aromatic carbocycles. The van der Waals surface area contributed by atoms with Gasteiger partial charge in [0, 0.05) is 5.92 Å². The van der Waals surface area contributed by atoms with E-state index in [1.807, 2.05) is 13.8 Å². The standard InChI is InChI=1S/C15H16.C2H6/c1-13(15-11-7-4-8-12-15)14-9-5-2-3-6-10-14;1-2/h2-5,7-13H,6H2,1H3;1-2H3. The third kappa shape index (κ3) is 4.07. The summed E-state index contributed by atoms with van der Waals surface area (Å²) in [5, 5.41) is 0. The van der Waals surface area contributed by atoms with E-state index in [-0.39, 0.29) is 0 Å². The normalized spacial score (nSPS) is 15.4. The van der Waals surface area contributed by atoms with Crippen LogP contribution in [0.15, 0.2) is 66.3 Å². The van der Waals surface area contributed by atoms with Crippen molar-refractivity contribution in [2.24, 2.45) is 0 Å². The molecule has 0 bridgehead atoms. The van der Waals surface area contributed by atoms with Crippen molar-refractivity contribution >= 4 is 0 Å². The largest absolute Gasteiger partial charge is 0.0807 e. The minimum absolute atomic E-state index is 0.488. The quantitative estimate of drug-likeness (QED) is 0.645. The summed E-state index contributed by atoms with van der Waals surface area (Å²) in [4.78, 5) is 0. The lowest BCUT2D eigenvalue weighted by molar-refractivity contribution is 0.915. The highest BCUT2D eigenvalue weighted by molar-refractivity contribution is 5.36. The Morgan fingerprint density at radius 3 is 2.41 bits per heavy atom. The van der Waals surface area contributed by atoms with E-state index in [0.717, 1.165) is 6.42 Å². The topological polar surface area (TPSA) is 0 Å². The van der Waals surface area contributed by atoms with Crippen LogP contribution in [-0.4, -0.2) is 0 Å². The van der Waals surface area contributed by atoms with E-state index < -0.39 is 0 Å².